The molecule has 7 heteroatoms. The Hall–Kier alpha value is -2.83. The van der Waals surface area contributed by atoms with Gasteiger partial charge in [0.1, 0.15) is 0 Å². The first-order chi connectivity index (χ1) is 15.9. The molecule has 6 nitrogen and oxygen atoms in total. The van der Waals surface area contributed by atoms with Gasteiger partial charge in [0.05, 0.1) is 17.3 Å². The molecule has 1 saturated heterocycles. The molecule has 1 unspecified atom stereocenters. The van der Waals surface area contributed by atoms with Crippen LogP contribution in [0, 0.1) is 13.8 Å². The molecule has 4 rings (SSSR count). The fraction of sp³-hybridized carbons (Fsp3) is 0.385. The van der Waals surface area contributed by atoms with Crippen LogP contribution in [0.1, 0.15) is 36.5 Å². The maximum Gasteiger partial charge on any atom is 0.322 e. The van der Waals surface area contributed by atoms with E-state index in [2.05, 4.69) is 28.2 Å². The number of likely N-dealkylation sites (N-methyl/N-ethyl adjacent to an activating group) is 1. The second-order valence-electron chi connectivity index (χ2n) is 8.88. The van der Waals surface area contributed by atoms with Crippen LogP contribution in [0.3, 0.4) is 0 Å². The molecule has 0 aliphatic carbocycles. The Labute approximate surface area is 199 Å². The number of H-pyrrole nitrogens is 1. The highest BCUT2D eigenvalue weighted by molar-refractivity contribution is 6.33. The summed E-state index contributed by atoms with van der Waals surface area (Å²) in [6.07, 6.45) is 2.16. The molecule has 174 valence electrons. The van der Waals surface area contributed by atoms with Crippen molar-refractivity contribution in [2.45, 2.75) is 46.2 Å². The summed E-state index contributed by atoms with van der Waals surface area (Å²) >= 11 is 6.27. The Kier molecular flexibility index (Phi) is 7.05. The number of benzene rings is 2. The van der Waals surface area contributed by atoms with Crippen molar-refractivity contribution in [1.29, 1.82) is 0 Å². The Morgan fingerprint density at radius 1 is 1.24 bits per heavy atom. The van der Waals surface area contributed by atoms with Crippen molar-refractivity contribution < 1.29 is 4.79 Å². The zero-order valence-electron chi connectivity index (χ0n) is 19.5. The summed E-state index contributed by atoms with van der Waals surface area (Å²) in [5, 5.41) is 4.42. The molecule has 33 heavy (non-hydrogen) atoms. The van der Waals surface area contributed by atoms with E-state index in [0.29, 0.717) is 22.8 Å². The lowest BCUT2D eigenvalue weighted by atomic mass is 10.0. The molecular weight excluding hydrogens is 436 g/mol. The molecule has 1 aromatic heterocycles. The average Bonchev–Trinajstić information content (AvgIpc) is 3.22. The number of carbonyl (C=O) groups is 1. The highest BCUT2D eigenvalue weighted by Crippen LogP contribution is 2.24. The fourth-order valence-corrected chi connectivity index (χ4v) is 4.97. The third kappa shape index (κ3) is 5.23. The van der Waals surface area contributed by atoms with Crippen LogP contribution in [-0.2, 0) is 6.54 Å². The number of aromatic amines is 1. The topological polar surface area (TPSA) is 68.4 Å². The first kappa shape index (κ1) is 23.3. The van der Waals surface area contributed by atoms with E-state index < -0.39 is 0 Å². The van der Waals surface area contributed by atoms with E-state index in [1.54, 1.807) is 17.0 Å². The van der Waals surface area contributed by atoms with E-state index >= 15 is 0 Å². The van der Waals surface area contributed by atoms with Gasteiger partial charge < -0.3 is 15.2 Å². The molecule has 0 spiro atoms. The van der Waals surface area contributed by atoms with Gasteiger partial charge in [0, 0.05) is 29.1 Å². The summed E-state index contributed by atoms with van der Waals surface area (Å²) in [5.74, 6) is 0. The predicted molar refractivity (Wildman–Crippen MR) is 135 cm³/mol. The summed E-state index contributed by atoms with van der Waals surface area (Å²) in [6, 6.07) is 13.2. The SMILES string of the molecule is CCN1CCCC1CN(Cc1cc2c(C)cc(C)cc2[nH]c1=O)C(=O)Nc1ccccc1Cl. The lowest BCUT2D eigenvalue weighted by Gasteiger charge is -2.30. The lowest BCUT2D eigenvalue weighted by molar-refractivity contribution is 0.174. The van der Waals surface area contributed by atoms with E-state index in [9.17, 15) is 9.59 Å². The predicted octanol–water partition coefficient (Wildman–Crippen LogP) is 5.32. The van der Waals surface area contributed by atoms with E-state index in [-0.39, 0.29) is 24.2 Å². The van der Waals surface area contributed by atoms with E-state index in [1.165, 1.54) is 0 Å². The summed E-state index contributed by atoms with van der Waals surface area (Å²) in [4.78, 5) is 33.4. The number of nitrogens with zero attached hydrogens (tertiary/aromatic N) is 2. The van der Waals surface area contributed by atoms with Gasteiger partial charge in [0.25, 0.3) is 5.56 Å². The number of anilines is 1. The van der Waals surface area contributed by atoms with Crippen LogP contribution in [0.25, 0.3) is 10.9 Å². The molecular formula is C26H31ClN4O2. The number of fused-ring (bicyclic) bond motifs is 1. The quantitative estimate of drug-likeness (QED) is 0.516. The van der Waals surface area contributed by atoms with Gasteiger partial charge in [-0.15, -0.1) is 0 Å². The zero-order chi connectivity index (χ0) is 23.5. The summed E-state index contributed by atoms with van der Waals surface area (Å²) in [7, 11) is 0. The number of aromatic nitrogens is 1. The van der Waals surface area contributed by atoms with Crippen LogP contribution in [0.15, 0.2) is 47.3 Å². The maximum atomic E-state index is 13.4. The van der Waals surface area contributed by atoms with Crippen molar-refractivity contribution in [2.24, 2.45) is 0 Å². The number of urea groups is 1. The Balaban J connectivity index is 1.65. The lowest BCUT2D eigenvalue weighted by Crippen LogP contribution is -2.45. The largest absolute Gasteiger partial charge is 0.322 e. The molecule has 1 aliphatic rings. The second-order valence-corrected chi connectivity index (χ2v) is 9.29. The van der Waals surface area contributed by atoms with Crippen molar-refractivity contribution in [3.05, 3.63) is 74.5 Å². The van der Waals surface area contributed by atoms with Gasteiger partial charge in [-0.3, -0.25) is 9.69 Å². The molecule has 1 atom stereocenters. The normalized spacial score (nSPS) is 16.3. The van der Waals surface area contributed by atoms with Crippen molar-refractivity contribution in [3.63, 3.8) is 0 Å². The third-order valence-electron chi connectivity index (χ3n) is 6.49. The number of para-hydroxylation sites is 1. The van der Waals surface area contributed by atoms with Gasteiger partial charge in [-0.2, -0.15) is 0 Å². The van der Waals surface area contributed by atoms with Crippen LogP contribution in [0.2, 0.25) is 5.02 Å². The van der Waals surface area contributed by atoms with Gasteiger partial charge >= 0.3 is 6.03 Å². The van der Waals surface area contributed by atoms with E-state index in [0.717, 1.165) is 48.0 Å². The van der Waals surface area contributed by atoms with Gasteiger partial charge in [0.2, 0.25) is 0 Å². The van der Waals surface area contributed by atoms with Gasteiger partial charge in [-0.1, -0.05) is 36.7 Å². The fourth-order valence-electron chi connectivity index (χ4n) is 4.79. The summed E-state index contributed by atoms with van der Waals surface area (Å²) < 4.78 is 0. The van der Waals surface area contributed by atoms with Crippen LogP contribution in [-0.4, -0.2) is 46.5 Å². The number of likely N-dealkylation sites (tertiary alicyclic amines) is 1. The molecule has 2 amide bonds. The monoisotopic (exact) mass is 466 g/mol. The Morgan fingerprint density at radius 3 is 2.79 bits per heavy atom. The van der Waals surface area contributed by atoms with Crippen LogP contribution in [0.5, 0.6) is 0 Å². The number of nitrogens with one attached hydrogen (secondary N) is 2. The minimum Gasteiger partial charge on any atom is -0.322 e. The Bertz CT molecular complexity index is 1220. The van der Waals surface area contributed by atoms with Crippen molar-refractivity contribution in [3.8, 4) is 0 Å². The zero-order valence-corrected chi connectivity index (χ0v) is 20.2. The van der Waals surface area contributed by atoms with Crippen molar-refractivity contribution in [2.75, 3.05) is 25.0 Å². The number of hydrogen-bond acceptors (Lipinski definition) is 3. The third-order valence-corrected chi connectivity index (χ3v) is 6.82. The standard InChI is InChI=1S/C26H31ClN4O2/c1-4-30-11-7-8-20(30)16-31(26(33)29-23-10-6-5-9-22(23)27)15-19-14-21-18(3)12-17(2)13-24(21)28-25(19)32/h5-6,9-10,12-14,20H,4,7-8,11,15-16H2,1-3H3,(H,28,32)(H,29,33). The van der Waals surface area contributed by atoms with Gasteiger partial charge in [-0.25, -0.2) is 4.79 Å². The number of pyridine rings is 1. The highest BCUT2D eigenvalue weighted by atomic mass is 35.5. The molecule has 1 aliphatic heterocycles. The first-order valence-corrected chi connectivity index (χ1v) is 11.9. The summed E-state index contributed by atoms with van der Waals surface area (Å²) in [6.45, 7) is 8.95. The van der Waals surface area contributed by atoms with Crippen LogP contribution in [0.4, 0.5) is 10.5 Å². The molecule has 2 heterocycles. The second kappa shape index (κ2) is 9.98. The van der Waals surface area contributed by atoms with Gasteiger partial charge in [-0.05, 0) is 75.2 Å². The molecule has 0 saturated carbocycles. The molecule has 3 aromatic rings. The number of halogens is 1. The maximum absolute atomic E-state index is 13.4. The molecule has 0 bridgehead atoms. The van der Waals surface area contributed by atoms with Crippen molar-refractivity contribution >= 4 is 34.2 Å². The summed E-state index contributed by atoms with van der Waals surface area (Å²) in [5.41, 5.74) is 3.99. The van der Waals surface area contributed by atoms with Crippen molar-refractivity contribution in [1.82, 2.24) is 14.8 Å². The number of carbonyl (C=O) groups excluding carboxylic acids is 1. The number of rotatable bonds is 6. The Morgan fingerprint density at radius 2 is 2.03 bits per heavy atom. The molecule has 2 N–H and O–H groups in total. The van der Waals surface area contributed by atoms with Crippen LogP contribution >= 0.6 is 11.6 Å². The average molecular weight is 467 g/mol. The van der Waals surface area contributed by atoms with Gasteiger partial charge in [0.15, 0.2) is 0 Å². The number of amides is 2. The van der Waals surface area contributed by atoms with Crippen LogP contribution < -0.4 is 10.9 Å². The highest BCUT2D eigenvalue weighted by Gasteiger charge is 2.28. The minimum absolute atomic E-state index is 0.165. The molecule has 2 aromatic carbocycles. The number of aryl methyl sites for hydroxylation is 2. The van der Waals surface area contributed by atoms with E-state index in [1.807, 2.05) is 38.1 Å². The van der Waals surface area contributed by atoms with E-state index in [4.69, 9.17) is 11.6 Å². The number of hydrogen-bond donors (Lipinski definition) is 2. The minimum atomic E-state index is -0.258. The molecule has 0 radical (unpaired) electrons. The first-order valence-electron chi connectivity index (χ1n) is 11.5. The smallest absolute Gasteiger partial charge is 0.322 e. The molecule has 1 fully saturated rings.